The van der Waals surface area contributed by atoms with Gasteiger partial charge in [-0.15, -0.1) is 35.3 Å². The molecule has 0 saturated heterocycles. The summed E-state index contributed by atoms with van der Waals surface area (Å²) in [5.74, 6) is 0.875. The molecule has 122 valence electrons. The van der Waals surface area contributed by atoms with Gasteiger partial charge >= 0.3 is 0 Å². The van der Waals surface area contributed by atoms with Crippen LogP contribution in [0, 0.1) is 13.8 Å². The van der Waals surface area contributed by atoms with Crippen LogP contribution in [-0.4, -0.2) is 35.0 Å². The van der Waals surface area contributed by atoms with Crippen molar-refractivity contribution < 1.29 is 0 Å². The summed E-state index contributed by atoms with van der Waals surface area (Å²) in [4.78, 5) is 10.3. The van der Waals surface area contributed by atoms with E-state index in [1.807, 2.05) is 25.6 Å². The standard InChI is InChI=1S/C14H26N4S2.HI/c1-7-15-13(17-9-14(4,5)19-6)16-8-12-10(2)18-11(3)20-12;/h7-9H2,1-6H3,(H2,15,16,17);1H. The van der Waals surface area contributed by atoms with Crippen LogP contribution < -0.4 is 10.6 Å². The zero-order valence-electron chi connectivity index (χ0n) is 13.7. The van der Waals surface area contributed by atoms with Crippen molar-refractivity contribution >= 4 is 53.0 Å². The van der Waals surface area contributed by atoms with Crippen LogP contribution in [0.3, 0.4) is 0 Å². The fourth-order valence-electron chi connectivity index (χ4n) is 1.58. The molecule has 1 rings (SSSR count). The first-order chi connectivity index (χ1) is 9.38. The van der Waals surface area contributed by atoms with Crippen LogP contribution in [0.25, 0.3) is 0 Å². The number of hydrogen-bond acceptors (Lipinski definition) is 4. The highest BCUT2D eigenvalue weighted by Crippen LogP contribution is 2.20. The Hall–Kier alpha value is -0.0200. The fourth-order valence-corrected chi connectivity index (χ4v) is 2.66. The lowest BCUT2D eigenvalue weighted by molar-refractivity contribution is 0.665. The van der Waals surface area contributed by atoms with Gasteiger partial charge in [-0.1, -0.05) is 0 Å². The Morgan fingerprint density at radius 1 is 1.33 bits per heavy atom. The highest BCUT2D eigenvalue weighted by molar-refractivity contribution is 14.0. The maximum Gasteiger partial charge on any atom is 0.191 e. The zero-order chi connectivity index (χ0) is 15.2. The number of hydrogen-bond donors (Lipinski definition) is 2. The normalized spacial score (nSPS) is 12.0. The number of thioether (sulfide) groups is 1. The summed E-state index contributed by atoms with van der Waals surface area (Å²) in [5, 5.41) is 7.81. The summed E-state index contributed by atoms with van der Waals surface area (Å²) in [6.45, 7) is 13.1. The van der Waals surface area contributed by atoms with E-state index in [1.165, 1.54) is 4.88 Å². The third kappa shape index (κ3) is 7.69. The van der Waals surface area contributed by atoms with Gasteiger partial charge in [0, 0.05) is 22.7 Å². The summed E-state index contributed by atoms with van der Waals surface area (Å²) in [6.07, 6.45) is 2.13. The second-order valence-electron chi connectivity index (χ2n) is 5.25. The molecule has 0 aliphatic rings. The summed E-state index contributed by atoms with van der Waals surface area (Å²) >= 11 is 3.58. The quantitative estimate of drug-likeness (QED) is 0.402. The van der Waals surface area contributed by atoms with Gasteiger partial charge in [-0.3, -0.25) is 0 Å². The van der Waals surface area contributed by atoms with Crippen molar-refractivity contribution in [2.24, 2.45) is 4.99 Å². The largest absolute Gasteiger partial charge is 0.357 e. The van der Waals surface area contributed by atoms with Crippen LogP contribution >= 0.6 is 47.1 Å². The Bertz CT molecular complexity index is 458. The number of rotatable bonds is 6. The topological polar surface area (TPSA) is 49.3 Å². The van der Waals surface area contributed by atoms with Gasteiger partial charge in [0.1, 0.15) is 0 Å². The van der Waals surface area contributed by atoms with Crippen LogP contribution in [0.5, 0.6) is 0 Å². The maximum absolute atomic E-state index is 4.65. The third-order valence-corrected chi connectivity index (χ3v) is 5.27. The molecule has 0 aromatic carbocycles. The number of aryl methyl sites for hydroxylation is 2. The van der Waals surface area contributed by atoms with Crippen LogP contribution in [-0.2, 0) is 6.54 Å². The second-order valence-corrected chi connectivity index (χ2v) is 8.06. The summed E-state index contributed by atoms with van der Waals surface area (Å²) in [6, 6.07) is 0. The van der Waals surface area contributed by atoms with E-state index in [-0.39, 0.29) is 28.7 Å². The van der Waals surface area contributed by atoms with Gasteiger partial charge in [-0.2, -0.15) is 11.8 Å². The Labute approximate surface area is 154 Å². The molecule has 0 amide bonds. The predicted octanol–water partition coefficient (Wildman–Crippen LogP) is 3.57. The van der Waals surface area contributed by atoms with Crippen LogP contribution in [0.2, 0.25) is 0 Å². The van der Waals surface area contributed by atoms with Crippen LogP contribution in [0.15, 0.2) is 4.99 Å². The molecule has 1 aromatic rings. The Morgan fingerprint density at radius 2 is 2.00 bits per heavy atom. The number of halogens is 1. The molecule has 1 heterocycles. The number of nitrogens with one attached hydrogen (secondary N) is 2. The van der Waals surface area contributed by atoms with E-state index in [9.17, 15) is 0 Å². The lowest BCUT2D eigenvalue weighted by Crippen LogP contribution is -2.43. The molecule has 7 heteroatoms. The molecular weight excluding hydrogens is 415 g/mol. The zero-order valence-corrected chi connectivity index (χ0v) is 17.7. The first-order valence-corrected chi connectivity index (χ1v) is 8.92. The van der Waals surface area contributed by atoms with Crippen LogP contribution in [0.4, 0.5) is 0 Å². The molecule has 0 bridgehead atoms. The molecule has 1 aromatic heterocycles. The molecule has 0 atom stereocenters. The first-order valence-electron chi connectivity index (χ1n) is 6.88. The minimum atomic E-state index is 0. The van der Waals surface area contributed by atoms with Crippen molar-refractivity contribution in [1.29, 1.82) is 0 Å². The number of guanidine groups is 1. The van der Waals surface area contributed by atoms with E-state index in [4.69, 9.17) is 0 Å². The molecule has 0 fully saturated rings. The number of thiazole rings is 1. The van der Waals surface area contributed by atoms with Crippen molar-refractivity contribution in [2.45, 2.75) is 45.9 Å². The maximum atomic E-state index is 4.65. The molecule has 0 radical (unpaired) electrons. The first kappa shape index (κ1) is 21.0. The van der Waals surface area contributed by atoms with Crippen LogP contribution in [0.1, 0.15) is 36.3 Å². The van der Waals surface area contributed by atoms with Crippen molar-refractivity contribution in [3.8, 4) is 0 Å². The molecule has 0 saturated carbocycles. The fraction of sp³-hybridized carbons (Fsp3) is 0.714. The van der Waals surface area contributed by atoms with Crippen molar-refractivity contribution in [3.05, 3.63) is 15.6 Å². The smallest absolute Gasteiger partial charge is 0.191 e. The van der Waals surface area contributed by atoms with E-state index in [1.54, 1.807) is 11.3 Å². The Balaban J connectivity index is 0.00000400. The lowest BCUT2D eigenvalue weighted by Gasteiger charge is -2.23. The summed E-state index contributed by atoms with van der Waals surface area (Å²) in [7, 11) is 0. The molecule has 0 aliphatic heterocycles. The molecule has 0 spiro atoms. The minimum absolute atomic E-state index is 0. The number of aliphatic imine (C=N–C) groups is 1. The Morgan fingerprint density at radius 3 is 2.48 bits per heavy atom. The highest BCUT2D eigenvalue weighted by Gasteiger charge is 2.16. The average Bonchev–Trinajstić information content (AvgIpc) is 2.71. The molecule has 0 unspecified atom stereocenters. The second kappa shape index (κ2) is 9.89. The van der Waals surface area contributed by atoms with E-state index >= 15 is 0 Å². The molecule has 21 heavy (non-hydrogen) atoms. The van der Waals surface area contributed by atoms with Crippen molar-refractivity contribution in [2.75, 3.05) is 19.3 Å². The monoisotopic (exact) mass is 442 g/mol. The SMILES string of the molecule is CCNC(=NCc1sc(C)nc1C)NCC(C)(C)SC.I. The van der Waals surface area contributed by atoms with Gasteiger partial charge in [-0.05, 0) is 40.9 Å². The third-order valence-electron chi connectivity index (χ3n) is 2.96. The molecule has 4 nitrogen and oxygen atoms in total. The minimum Gasteiger partial charge on any atom is -0.357 e. The van der Waals surface area contributed by atoms with Crippen molar-refractivity contribution in [1.82, 2.24) is 15.6 Å². The van der Waals surface area contributed by atoms with Gasteiger partial charge in [-0.25, -0.2) is 9.98 Å². The predicted molar refractivity (Wildman–Crippen MR) is 107 cm³/mol. The van der Waals surface area contributed by atoms with E-state index in [0.717, 1.165) is 29.8 Å². The van der Waals surface area contributed by atoms with Gasteiger partial charge < -0.3 is 10.6 Å². The van der Waals surface area contributed by atoms with E-state index in [2.05, 4.69) is 47.6 Å². The van der Waals surface area contributed by atoms with E-state index < -0.39 is 0 Å². The molecule has 2 N–H and O–H groups in total. The van der Waals surface area contributed by atoms with Gasteiger partial charge in [0.2, 0.25) is 0 Å². The lowest BCUT2D eigenvalue weighted by atomic mass is 10.2. The van der Waals surface area contributed by atoms with Crippen molar-refractivity contribution in [3.63, 3.8) is 0 Å². The summed E-state index contributed by atoms with van der Waals surface area (Å²) in [5.41, 5.74) is 1.09. The summed E-state index contributed by atoms with van der Waals surface area (Å²) < 4.78 is 0.202. The van der Waals surface area contributed by atoms with Gasteiger partial charge in [0.05, 0.1) is 17.2 Å². The molecule has 0 aliphatic carbocycles. The number of aromatic nitrogens is 1. The number of nitrogens with zero attached hydrogens (tertiary/aromatic N) is 2. The highest BCUT2D eigenvalue weighted by atomic mass is 127. The van der Waals surface area contributed by atoms with Gasteiger partial charge in [0.15, 0.2) is 5.96 Å². The van der Waals surface area contributed by atoms with Gasteiger partial charge in [0.25, 0.3) is 0 Å². The Kier molecular flexibility index (Phi) is 9.88. The molecular formula is C14H27IN4S2. The van der Waals surface area contributed by atoms with E-state index in [0.29, 0.717) is 6.54 Å². The average molecular weight is 442 g/mol.